The maximum atomic E-state index is 13.3. The van der Waals surface area contributed by atoms with E-state index in [1.165, 1.54) is 0 Å². The van der Waals surface area contributed by atoms with Crippen molar-refractivity contribution in [3.05, 3.63) is 58.6 Å². The fraction of sp³-hybridized carbons (Fsp3) is 0.417. The zero-order valence-electron chi connectivity index (χ0n) is 19.4. The third kappa shape index (κ3) is 6.89. The molecule has 0 aliphatic heterocycles. The lowest BCUT2D eigenvalue weighted by atomic mass is 10.1. The van der Waals surface area contributed by atoms with Crippen LogP contribution in [-0.4, -0.2) is 42.5 Å². The summed E-state index contributed by atoms with van der Waals surface area (Å²) < 4.78 is 0. The van der Waals surface area contributed by atoms with E-state index >= 15 is 0 Å². The molecule has 0 atom stereocenters. The number of rotatable bonds is 6. The quantitative estimate of drug-likeness (QED) is 0.628. The van der Waals surface area contributed by atoms with E-state index in [9.17, 15) is 9.59 Å². The topological polar surface area (TPSA) is 64.7 Å². The zero-order chi connectivity index (χ0) is 23.3. The third-order valence-corrected chi connectivity index (χ3v) is 4.97. The van der Waals surface area contributed by atoms with Gasteiger partial charge in [-0.15, -0.1) is 0 Å². The fourth-order valence-electron chi connectivity index (χ4n) is 3.19. The highest BCUT2D eigenvalue weighted by Gasteiger charge is 2.23. The summed E-state index contributed by atoms with van der Waals surface area (Å²) in [6.45, 7) is 10.1. The Labute approximate surface area is 190 Å². The summed E-state index contributed by atoms with van der Waals surface area (Å²) >= 11 is 6.28. The van der Waals surface area contributed by atoms with Crippen LogP contribution in [0.25, 0.3) is 0 Å². The first-order valence-electron chi connectivity index (χ1n) is 10.3. The van der Waals surface area contributed by atoms with Crippen molar-refractivity contribution in [2.24, 2.45) is 0 Å². The molecule has 6 nitrogen and oxygen atoms in total. The van der Waals surface area contributed by atoms with Crippen molar-refractivity contribution >= 4 is 34.9 Å². The second kappa shape index (κ2) is 10.1. The molecular formula is C24H33ClN4O2. The highest BCUT2D eigenvalue weighted by molar-refractivity contribution is 6.33. The number of nitrogens with zero attached hydrogens (tertiary/aromatic N) is 2. The molecule has 0 saturated heterocycles. The molecule has 2 N–H and O–H groups in total. The van der Waals surface area contributed by atoms with E-state index in [0.717, 1.165) is 11.3 Å². The SMILES string of the molecule is CC(C)N(Cc1cc(NC(=O)NC(C)(C)C)ccc1N(C)C)C(=O)c1ccccc1Cl. The summed E-state index contributed by atoms with van der Waals surface area (Å²) in [6.07, 6.45) is 0. The van der Waals surface area contributed by atoms with Gasteiger partial charge in [0.1, 0.15) is 0 Å². The molecule has 2 aromatic rings. The largest absolute Gasteiger partial charge is 0.377 e. The molecular weight excluding hydrogens is 412 g/mol. The van der Waals surface area contributed by atoms with Crippen molar-refractivity contribution < 1.29 is 9.59 Å². The predicted octanol–water partition coefficient (Wildman–Crippen LogP) is 5.38. The van der Waals surface area contributed by atoms with Gasteiger partial charge in [0.15, 0.2) is 0 Å². The van der Waals surface area contributed by atoms with Crippen LogP contribution in [-0.2, 0) is 6.54 Å². The lowest BCUT2D eigenvalue weighted by Crippen LogP contribution is -2.43. The fourth-order valence-corrected chi connectivity index (χ4v) is 3.41. The van der Waals surface area contributed by atoms with E-state index in [4.69, 9.17) is 11.6 Å². The second-order valence-corrected chi connectivity index (χ2v) is 9.48. The molecule has 0 aliphatic rings. The molecule has 0 bridgehead atoms. The molecule has 3 amide bonds. The van der Waals surface area contributed by atoms with E-state index < -0.39 is 0 Å². The standard InChI is InChI=1S/C24H33ClN4O2/c1-16(2)29(22(30)19-10-8-9-11-20(19)25)15-17-14-18(12-13-21(17)28(6)7)26-23(31)27-24(3,4)5/h8-14,16H,15H2,1-7H3,(H2,26,27,31). The predicted molar refractivity (Wildman–Crippen MR) is 129 cm³/mol. The summed E-state index contributed by atoms with van der Waals surface area (Å²) in [5, 5.41) is 6.20. The first kappa shape index (κ1) is 24.5. The molecule has 2 rings (SSSR count). The van der Waals surface area contributed by atoms with Gasteiger partial charge in [0, 0.05) is 43.6 Å². The van der Waals surface area contributed by atoms with Gasteiger partial charge in [0.05, 0.1) is 10.6 Å². The van der Waals surface area contributed by atoms with Crippen molar-refractivity contribution in [2.45, 2.75) is 52.7 Å². The Kier molecular flexibility index (Phi) is 7.96. The molecule has 0 radical (unpaired) electrons. The van der Waals surface area contributed by atoms with Gasteiger partial charge in [-0.25, -0.2) is 4.79 Å². The smallest absolute Gasteiger partial charge is 0.319 e. The molecule has 0 aromatic heterocycles. The van der Waals surface area contributed by atoms with E-state index in [2.05, 4.69) is 10.6 Å². The van der Waals surface area contributed by atoms with Crippen LogP contribution in [0.2, 0.25) is 5.02 Å². The van der Waals surface area contributed by atoms with Crippen LogP contribution in [0, 0.1) is 0 Å². The van der Waals surface area contributed by atoms with Crippen molar-refractivity contribution in [1.29, 1.82) is 0 Å². The Bertz CT molecular complexity index is 935. The summed E-state index contributed by atoms with van der Waals surface area (Å²) in [5.74, 6) is -0.130. The number of carbonyl (C=O) groups excluding carboxylic acids is 2. The number of anilines is 2. The third-order valence-electron chi connectivity index (χ3n) is 4.64. The molecule has 0 spiro atoms. The molecule has 0 fully saturated rings. The molecule has 7 heteroatoms. The lowest BCUT2D eigenvalue weighted by molar-refractivity contribution is 0.0691. The Balaban J connectivity index is 2.36. The Morgan fingerprint density at radius 3 is 2.26 bits per heavy atom. The van der Waals surface area contributed by atoms with Crippen LogP contribution in [0.3, 0.4) is 0 Å². The monoisotopic (exact) mass is 444 g/mol. The van der Waals surface area contributed by atoms with Gasteiger partial charge >= 0.3 is 6.03 Å². The molecule has 0 aliphatic carbocycles. The number of urea groups is 1. The average molecular weight is 445 g/mol. The van der Waals surface area contributed by atoms with Crippen LogP contribution in [0.4, 0.5) is 16.2 Å². The van der Waals surface area contributed by atoms with Gasteiger partial charge in [-0.1, -0.05) is 23.7 Å². The highest BCUT2D eigenvalue weighted by Crippen LogP contribution is 2.27. The van der Waals surface area contributed by atoms with Gasteiger partial charge < -0.3 is 20.4 Å². The Morgan fingerprint density at radius 1 is 1.06 bits per heavy atom. The van der Waals surface area contributed by atoms with Crippen molar-refractivity contribution in [3.8, 4) is 0 Å². The first-order valence-corrected chi connectivity index (χ1v) is 10.7. The maximum absolute atomic E-state index is 13.3. The van der Waals surface area contributed by atoms with Gasteiger partial charge in [0.2, 0.25) is 0 Å². The molecule has 2 aromatic carbocycles. The van der Waals surface area contributed by atoms with Crippen LogP contribution in [0.5, 0.6) is 0 Å². The highest BCUT2D eigenvalue weighted by atomic mass is 35.5. The number of hydrogen-bond donors (Lipinski definition) is 2. The number of halogens is 1. The number of nitrogens with one attached hydrogen (secondary N) is 2. The Hall–Kier alpha value is -2.73. The van der Waals surface area contributed by atoms with Crippen LogP contribution < -0.4 is 15.5 Å². The number of benzene rings is 2. The summed E-state index contributed by atoms with van der Waals surface area (Å²) in [5.41, 5.74) is 2.69. The van der Waals surface area contributed by atoms with Gasteiger partial charge in [-0.3, -0.25) is 4.79 Å². The number of carbonyl (C=O) groups is 2. The van der Waals surface area contributed by atoms with Crippen molar-refractivity contribution in [3.63, 3.8) is 0 Å². The van der Waals surface area contributed by atoms with E-state index in [1.54, 1.807) is 29.2 Å². The normalized spacial score (nSPS) is 11.3. The van der Waals surface area contributed by atoms with Crippen LogP contribution in [0.1, 0.15) is 50.5 Å². The van der Waals surface area contributed by atoms with Crippen LogP contribution in [0.15, 0.2) is 42.5 Å². The molecule has 31 heavy (non-hydrogen) atoms. The van der Waals surface area contributed by atoms with Crippen LogP contribution >= 0.6 is 11.6 Å². The van der Waals surface area contributed by atoms with E-state index in [-0.39, 0.29) is 23.5 Å². The first-order chi connectivity index (χ1) is 14.4. The van der Waals surface area contributed by atoms with Gasteiger partial charge in [0.25, 0.3) is 5.91 Å². The molecule has 168 valence electrons. The van der Waals surface area contributed by atoms with E-state index in [1.807, 2.05) is 71.8 Å². The summed E-state index contributed by atoms with van der Waals surface area (Å²) in [6, 6.07) is 12.5. The number of amides is 3. The van der Waals surface area contributed by atoms with Crippen molar-refractivity contribution in [1.82, 2.24) is 10.2 Å². The van der Waals surface area contributed by atoms with Gasteiger partial charge in [-0.2, -0.15) is 0 Å². The number of hydrogen-bond acceptors (Lipinski definition) is 3. The van der Waals surface area contributed by atoms with Crippen molar-refractivity contribution in [2.75, 3.05) is 24.3 Å². The minimum absolute atomic E-state index is 0.0420. The summed E-state index contributed by atoms with van der Waals surface area (Å²) in [7, 11) is 3.90. The Morgan fingerprint density at radius 2 is 1.71 bits per heavy atom. The lowest BCUT2D eigenvalue weighted by Gasteiger charge is -2.30. The summed E-state index contributed by atoms with van der Waals surface area (Å²) in [4.78, 5) is 29.3. The minimum Gasteiger partial charge on any atom is -0.377 e. The van der Waals surface area contributed by atoms with E-state index in [0.29, 0.717) is 22.8 Å². The average Bonchev–Trinajstić information content (AvgIpc) is 2.64. The molecule has 0 heterocycles. The maximum Gasteiger partial charge on any atom is 0.319 e. The van der Waals surface area contributed by atoms with Gasteiger partial charge in [-0.05, 0) is 70.5 Å². The second-order valence-electron chi connectivity index (χ2n) is 9.07. The molecule has 0 saturated carbocycles. The minimum atomic E-state index is -0.341. The molecule has 0 unspecified atom stereocenters. The zero-order valence-corrected chi connectivity index (χ0v) is 20.2.